The van der Waals surface area contributed by atoms with E-state index in [4.69, 9.17) is 12.2 Å². The standard InChI is InChI=1S/C22H25N3O2S2/c1-5-29(26,27)24-19-11-10-18(23-14-19)13-20-12-16(3)21(25(20)4)22(28)17-8-6-15(2)7-9-17/h6-12,14,24H,5,13H2,1-4H3. The molecule has 3 rings (SSSR count). The van der Waals surface area contributed by atoms with Gasteiger partial charge in [0.2, 0.25) is 10.0 Å². The van der Waals surface area contributed by atoms with Crippen molar-refractivity contribution in [2.45, 2.75) is 27.2 Å². The molecule has 2 heterocycles. The minimum Gasteiger partial charge on any atom is -0.346 e. The number of aryl methyl sites for hydroxylation is 2. The lowest BCUT2D eigenvalue weighted by molar-refractivity contribution is 0.602. The number of benzene rings is 1. The molecule has 2 aromatic heterocycles. The molecule has 3 aromatic rings. The van der Waals surface area contributed by atoms with Gasteiger partial charge in [-0.3, -0.25) is 9.71 Å². The molecule has 0 amide bonds. The van der Waals surface area contributed by atoms with Crippen LogP contribution in [0.2, 0.25) is 0 Å². The van der Waals surface area contributed by atoms with Gasteiger partial charge in [-0.2, -0.15) is 0 Å². The van der Waals surface area contributed by atoms with E-state index in [2.05, 4.69) is 58.5 Å². The minimum absolute atomic E-state index is 0.0288. The fourth-order valence-corrected chi connectivity index (χ4v) is 4.25. The number of anilines is 1. The number of pyridine rings is 1. The van der Waals surface area contributed by atoms with Crippen LogP contribution in [0.4, 0.5) is 5.69 Å². The molecule has 0 unspecified atom stereocenters. The van der Waals surface area contributed by atoms with E-state index < -0.39 is 10.0 Å². The fourth-order valence-electron chi connectivity index (χ4n) is 3.19. The monoisotopic (exact) mass is 427 g/mol. The molecular formula is C22H25N3O2S2. The average molecular weight is 428 g/mol. The van der Waals surface area contributed by atoms with Crippen molar-refractivity contribution in [3.8, 4) is 0 Å². The number of thiocarbonyl (C=S) groups is 1. The lowest BCUT2D eigenvalue weighted by Gasteiger charge is -2.11. The third kappa shape index (κ3) is 4.92. The van der Waals surface area contributed by atoms with Gasteiger partial charge in [0.1, 0.15) is 0 Å². The van der Waals surface area contributed by atoms with Crippen molar-refractivity contribution in [3.05, 3.63) is 82.4 Å². The third-order valence-corrected chi connectivity index (χ3v) is 6.63. The zero-order valence-electron chi connectivity index (χ0n) is 17.1. The third-order valence-electron chi connectivity index (χ3n) is 4.89. The number of nitrogens with one attached hydrogen (secondary N) is 1. The Hall–Kier alpha value is -2.51. The Morgan fingerprint density at radius 1 is 1.14 bits per heavy atom. The van der Waals surface area contributed by atoms with Gasteiger partial charge in [-0.05, 0) is 50.1 Å². The maximum atomic E-state index is 11.7. The Labute approximate surface area is 177 Å². The topological polar surface area (TPSA) is 64.0 Å². The summed E-state index contributed by atoms with van der Waals surface area (Å²) in [5.74, 6) is 0.0288. The van der Waals surface area contributed by atoms with E-state index in [1.54, 1.807) is 19.2 Å². The van der Waals surface area contributed by atoms with Gasteiger partial charge in [0.15, 0.2) is 0 Å². The van der Waals surface area contributed by atoms with Crippen molar-refractivity contribution in [3.63, 3.8) is 0 Å². The summed E-state index contributed by atoms with van der Waals surface area (Å²) in [6.07, 6.45) is 2.19. The molecular weight excluding hydrogens is 402 g/mol. The summed E-state index contributed by atoms with van der Waals surface area (Å²) in [5, 5.41) is 0. The zero-order valence-corrected chi connectivity index (χ0v) is 18.7. The van der Waals surface area contributed by atoms with Crippen LogP contribution in [0.3, 0.4) is 0 Å². The molecule has 0 aliphatic carbocycles. The Morgan fingerprint density at radius 3 is 2.41 bits per heavy atom. The van der Waals surface area contributed by atoms with E-state index in [-0.39, 0.29) is 5.75 Å². The fraction of sp³-hybridized carbons (Fsp3) is 0.273. The molecule has 152 valence electrons. The molecule has 0 spiro atoms. The van der Waals surface area contributed by atoms with Crippen LogP contribution in [0.1, 0.15) is 40.7 Å². The quantitative estimate of drug-likeness (QED) is 0.454. The van der Waals surface area contributed by atoms with Crippen molar-refractivity contribution in [1.82, 2.24) is 9.55 Å². The first-order chi connectivity index (χ1) is 13.7. The first-order valence-electron chi connectivity index (χ1n) is 9.42. The molecule has 1 aromatic carbocycles. The normalized spacial score (nSPS) is 11.4. The minimum atomic E-state index is -3.30. The van der Waals surface area contributed by atoms with Crippen molar-refractivity contribution >= 4 is 32.8 Å². The second-order valence-electron chi connectivity index (χ2n) is 7.14. The van der Waals surface area contributed by atoms with Crippen LogP contribution < -0.4 is 4.72 Å². The smallest absolute Gasteiger partial charge is 0.232 e. The van der Waals surface area contributed by atoms with Gasteiger partial charge in [-0.25, -0.2) is 8.42 Å². The van der Waals surface area contributed by atoms with E-state index in [9.17, 15) is 8.42 Å². The Morgan fingerprint density at radius 2 is 1.83 bits per heavy atom. The molecule has 0 radical (unpaired) electrons. The summed E-state index contributed by atoms with van der Waals surface area (Å²) < 4.78 is 28.0. The van der Waals surface area contributed by atoms with E-state index in [0.29, 0.717) is 12.1 Å². The second-order valence-corrected chi connectivity index (χ2v) is 9.56. The molecule has 0 aliphatic heterocycles. The first-order valence-corrected chi connectivity index (χ1v) is 11.5. The molecule has 29 heavy (non-hydrogen) atoms. The summed E-state index contributed by atoms with van der Waals surface area (Å²) in [6.45, 7) is 5.72. The molecule has 1 N–H and O–H groups in total. The van der Waals surface area contributed by atoms with Crippen LogP contribution in [0.25, 0.3) is 0 Å². The summed E-state index contributed by atoms with van der Waals surface area (Å²) in [7, 11) is -1.28. The lowest BCUT2D eigenvalue weighted by atomic mass is 10.1. The number of aromatic nitrogens is 2. The van der Waals surface area contributed by atoms with Crippen LogP contribution in [0.15, 0.2) is 48.7 Å². The first kappa shape index (κ1) is 21.2. The summed E-state index contributed by atoms with van der Waals surface area (Å²) >= 11 is 5.76. The van der Waals surface area contributed by atoms with Gasteiger partial charge >= 0.3 is 0 Å². The number of hydrogen-bond donors (Lipinski definition) is 1. The Kier molecular flexibility index (Phi) is 6.19. The largest absolute Gasteiger partial charge is 0.346 e. The number of sulfonamides is 1. The molecule has 0 saturated heterocycles. The van der Waals surface area contributed by atoms with E-state index in [0.717, 1.165) is 33.1 Å². The average Bonchev–Trinajstić information content (AvgIpc) is 2.96. The molecule has 0 aliphatic rings. The van der Waals surface area contributed by atoms with Gasteiger partial charge in [0, 0.05) is 24.9 Å². The maximum Gasteiger partial charge on any atom is 0.232 e. The van der Waals surface area contributed by atoms with Crippen molar-refractivity contribution in [2.75, 3.05) is 10.5 Å². The second kappa shape index (κ2) is 8.47. The van der Waals surface area contributed by atoms with Crippen LogP contribution in [-0.2, 0) is 23.5 Å². The highest BCUT2D eigenvalue weighted by Gasteiger charge is 2.16. The molecule has 0 saturated carbocycles. The van der Waals surface area contributed by atoms with E-state index in [1.165, 1.54) is 5.56 Å². The van der Waals surface area contributed by atoms with Crippen molar-refractivity contribution in [2.24, 2.45) is 7.05 Å². The number of rotatable bonds is 7. The van der Waals surface area contributed by atoms with Crippen LogP contribution in [0, 0.1) is 13.8 Å². The molecule has 0 fully saturated rings. The summed E-state index contributed by atoms with van der Waals surface area (Å²) in [5.41, 5.74) is 6.83. The molecule has 0 atom stereocenters. The van der Waals surface area contributed by atoms with Crippen LogP contribution in [-0.4, -0.2) is 28.6 Å². The summed E-state index contributed by atoms with van der Waals surface area (Å²) in [6, 6.07) is 14.0. The van der Waals surface area contributed by atoms with Crippen molar-refractivity contribution in [1.29, 1.82) is 0 Å². The van der Waals surface area contributed by atoms with Crippen molar-refractivity contribution < 1.29 is 8.42 Å². The highest BCUT2D eigenvalue weighted by atomic mass is 32.2. The van der Waals surface area contributed by atoms with Crippen LogP contribution in [0.5, 0.6) is 0 Å². The number of nitrogens with zero attached hydrogens (tertiary/aromatic N) is 2. The van der Waals surface area contributed by atoms with Gasteiger partial charge < -0.3 is 4.57 Å². The molecule has 7 heteroatoms. The van der Waals surface area contributed by atoms with Crippen LogP contribution >= 0.6 is 12.2 Å². The molecule has 0 bridgehead atoms. The SMILES string of the molecule is CCS(=O)(=O)Nc1ccc(Cc2cc(C)c(C(=S)c3ccc(C)cc3)n2C)nc1. The van der Waals surface area contributed by atoms with Gasteiger partial charge in [0.05, 0.1) is 28.2 Å². The van der Waals surface area contributed by atoms with Gasteiger partial charge in [-0.15, -0.1) is 0 Å². The number of hydrogen-bond acceptors (Lipinski definition) is 4. The Balaban J connectivity index is 1.81. The van der Waals surface area contributed by atoms with Gasteiger partial charge in [-0.1, -0.05) is 42.0 Å². The molecule has 5 nitrogen and oxygen atoms in total. The lowest BCUT2D eigenvalue weighted by Crippen LogP contribution is -2.14. The predicted molar refractivity (Wildman–Crippen MR) is 122 cm³/mol. The highest BCUT2D eigenvalue weighted by molar-refractivity contribution is 7.92. The Bertz CT molecular complexity index is 1130. The van der Waals surface area contributed by atoms with E-state index >= 15 is 0 Å². The zero-order chi connectivity index (χ0) is 21.2. The predicted octanol–water partition coefficient (Wildman–Crippen LogP) is 4.16. The maximum absolute atomic E-state index is 11.7. The highest BCUT2D eigenvalue weighted by Crippen LogP contribution is 2.22. The van der Waals surface area contributed by atoms with E-state index in [1.807, 2.05) is 13.1 Å². The van der Waals surface area contributed by atoms with Gasteiger partial charge in [0.25, 0.3) is 0 Å². The summed E-state index contributed by atoms with van der Waals surface area (Å²) in [4.78, 5) is 5.24.